The number of hydrogen-bond acceptors (Lipinski definition) is 2. The maximum atomic E-state index is 13.4. The lowest BCUT2D eigenvalue weighted by atomic mass is 9.70. The van der Waals surface area contributed by atoms with Gasteiger partial charge in [-0.1, -0.05) is 62.4 Å². The second-order valence-electron chi connectivity index (χ2n) is 9.26. The van der Waals surface area contributed by atoms with Gasteiger partial charge in [0, 0.05) is 30.8 Å². The number of halogens is 1. The number of amides is 3. The molecule has 3 rings (SSSR count). The Morgan fingerprint density at radius 3 is 2.34 bits per heavy atom. The summed E-state index contributed by atoms with van der Waals surface area (Å²) < 4.78 is 0. The van der Waals surface area contributed by atoms with Crippen LogP contribution in [0.3, 0.4) is 0 Å². The van der Waals surface area contributed by atoms with Crippen molar-refractivity contribution in [2.75, 3.05) is 25.0 Å². The van der Waals surface area contributed by atoms with E-state index in [2.05, 4.69) is 37.9 Å². The summed E-state index contributed by atoms with van der Waals surface area (Å²) >= 11 is 6.05. The van der Waals surface area contributed by atoms with E-state index in [1.165, 1.54) is 10.5 Å². The molecule has 0 aliphatic carbocycles. The SMILES string of the molecule is C=C(C)[C@@H](NC(=O)N(C)c1ccccc1)C(=O)N1CCC(c2ccc(Cl)cc2)C(C)(C)C1. The first-order chi connectivity index (χ1) is 15.1. The summed E-state index contributed by atoms with van der Waals surface area (Å²) in [5.41, 5.74) is 2.48. The number of nitrogens with zero attached hydrogens (tertiary/aromatic N) is 2. The van der Waals surface area contributed by atoms with Crippen LogP contribution in [0.5, 0.6) is 0 Å². The van der Waals surface area contributed by atoms with Crippen LogP contribution in [0.4, 0.5) is 10.5 Å². The fourth-order valence-electron chi connectivity index (χ4n) is 4.43. The Morgan fingerprint density at radius 1 is 1.16 bits per heavy atom. The summed E-state index contributed by atoms with van der Waals surface area (Å²) in [7, 11) is 1.69. The highest BCUT2D eigenvalue weighted by Crippen LogP contribution is 2.42. The first-order valence-electron chi connectivity index (χ1n) is 10.9. The monoisotopic (exact) mass is 453 g/mol. The molecular formula is C26H32ClN3O2. The van der Waals surface area contributed by atoms with E-state index < -0.39 is 6.04 Å². The molecule has 1 saturated heterocycles. The molecule has 2 aromatic rings. The fourth-order valence-corrected chi connectivity index (χ4v) is 4.55. The predicted molar refractivity (Wildman–Crippen MR) is 131 cm³/mol. The van der Waals surface area contributed by atoms with Crippen molar-refractivity contribution in [2.24, 2.45) is 5.41 Å². The zero-order chi connectivity index (χ0) is 23.5. The van der Waals surface area contributed by atoms with Crippen LogP contribution in [0, 0.1) is 5.41 Å². The highest BCUT2D eigenvalue weighted by atomic mass is 35.5. The van der Waals surface area contributed by atoms with Gasteiger partial charge in [0.2, 0.25) is 5.91 Å². The minimum atomic E-state index is -0.767. The van der Waals surface area contributed by atoms with Crippen LogP contribution < -0.4 is 10.2 Å². The number of piperidine rings is 1. The number of anilines is 1. The number of para-hydroxylation sites is 1. The predicted octanol–water partition coefficient (Wildman–Crippen LogP) is 5.47. The Hall–Kier alpha value is -2.79. The molecule has 6 heteroatoms. The second-order valence-corrected chi connectivity index (χ2v) is 9.70. The van der Waals surface area contributed by atoms with Gasteiger partial charge in [0.25, 0.3) is 0 Å². The van der Waals surface area contributed by atoms with Gasteiger partial charge in [-0.05, 0) is 60.1 Å². The Labute approximate surface area is 196 Å². The van der Waals surface area contributed by atoms with Crippen molar-refractivity contribution in [3.63, 3.8) is 0 Å². The first-order valence-corrected chi connectivity index (χ1v) is 11.3. The minimum Gasteiger partial charge on any atom is -0.340 e. The smallest absolute Gasteiger partial charge is 0.322 e. The van der Waals surface area contributed by atoms with Gasteiger partial charge in [-0.2, -0.15) is 0 Å². The summed E-state index contributed by atoms with van der Waals surface area (Å²) in [4.78, 5) is 29.6. The maximum Gasteiger partial charge on any atom is 0.322 e. The van der Waals surface area contributed by atoms with E-state index in [9.17, 15) is 9.59 Å². The van der Waals surface area contributed by atoms with E-state index in [1.54, 1.807) is 14.0 Å². The highest BCUT2D eigenvalue weighted by Gasteiger charge is 2.40. The molecule has 1 fully saturated rings. The van der Waals surface area contributed by atoms with Crippen LogP contribution in [-0.4, -0.2) is 43.0 Å². The van der Waals surface area contributed by atoms with Crippen LogP contribution in [0.15, 0.2) is 66.7 Å². The Kier molecular flexibility index (Phi) is 7.29. The molecule has 2 aromatic carbocycles. The lowest BCUT2D eigenvalue weighted by Gasteiger charge is -2.45. The van der Waals surface area contributed by atoms with Gasteiger partial charge in [0.05, 0.1) is 0 Å². The lowest BCUT2D eigenvalue weighted by Crippen LogP contribution is -2.56. The van der Waals surface area contributed by atoms with E-state index in [1.807, 2.05) is 47.4 Å². The Balaban J connectivity index is 1.71. The van der Waals surface area contributed by atoms with Crippen molar-refractivity contribution in [3.8, 4) is 0 Å². The summed E-state index contributed by atoms with van der Waals surface area (Å²) in [6, 6.07) is 16.2. The van der Waals surface area contributed by atoms with Crippen molar-refractivity contribution in [1.29, 1.82) is 0 Å². The standard InChI is InChI=1S/C26H32ClN3O2/c1-18(2)23(28-25(32)29(5)21-9-7-6-8-10-21)24(31)30-16-15-22(26(3,4)17-30)19-11-13-20(27)14-12-19/h6-14,22-23H,1,15-17H2,2-5H3,(H,28,32)/t22?,23-/m1/s1. The molecule has 0 aromatic heterocycles. The van der Waals surface area contributed by atoms with Gasteiger partial charge in [0.1, 0.15) is 6.04 Å². The molecule has 1 aliphatic rings. The van der Waals surface area contributed by atoms with Crippen molar-refractivity contribution in [3.05, 3.63) is 77.3 Å². The minimum absolute atomic E-state index is 0.116. The van der Waals surface area contributed by atoms with Gasteiger partial charge in [-0.3, -0.25) is 9.69 Å². The number of urea groups is 1. The lowest BCUT2D eigenvalue weighted by molar-refractivity contribution is -0.135. The quantitative estimate of drug-likeness (QED) is 0.610. The molecule has 1 heterocycles. The number of nitrogens with one attached hydrogen (secondary N) is 1. The van der Waals surface area contributed by atoms with E-state index in [0.717, 1.165) is 17.1 Å². The molecule has 2 atom stereocenters. The van der Waals surface area contributed by atoms with E-state index in [0.29, 0.717) is 24.6 Å². The molecule has 1 unspecified atom stereocenters. The van der Waals surface area contributed by atoms with Crippen molar-refractivity contribution < 1.29 is 9.59 Å². The first kappa shape index (κ1) is 23.9. The van der Waals surface area contributed by atoms with Crippen LogP contribution in [-0.2, 0) is 4.79 Å². The topological polar surface area (TPSA) is 52.7 Å². The normalized spacial score (nSPS) is 18.5. The van der Waals surface area contributed by atoms with E-state index >= 15 is 0 Å². The second kappa shape index (κ2) is 9.78. The van der Waals surface area contributed by atoms with Crippen molar-refractivity contribution in [1.82, 2.24) is 10.2 Å². The molecule has 1 aliphatic heterocycles. The van der Waals surface area contributed by atoms with Crippen LogP contribution in [0.1, 0.15) is 38.7 Å². The van der Waals surface area contributed by atoms with Gasteiger partial charge in [0.15, 0.2) is 0 Å². The third-order valence-corrected chi connectivity index (χ3v) is 6.52. The molecule has 170 valence electrons. The summed E-state index contributed by atoms with van der Waals surface area (Å²) in [5, 5.41) is 3.59. The molecule has 32 heavy (non-hydrogen) atoms. The molecule has 0 spiro atoms. The summed E-state index contributed by atoms with van der Waals surface area (Å²) in [6.45, 7) is 11.3. The number of benzene rings is 2. The molecule has 1 N–H and O–H groups in total. The number of carbonyl (C=O) groups is 2. The van der Waals surface area contributed by atoms with E-state index in [4.69, 9.17) is 11.6 Å². The fraction of sp³-hybridized carbons (Fsp3) is 0.385. The van der Waals surface area contributed by atoms with Crippen LogP contribution in [0.25, 0.3) is 0 Å². The number of rotatable bonds is 5. The molecule has 5 nitrogen and oxygen atoms in total. The Bertz CT molecular complexity index is 972. The number of hydrogen-bond donors (Lipinski definition) is 1. The van der Waals surface area contributed by atoms with Crippen molar-refractivity contribution >= 4 is 29.2 Å². The molecular weight excluding hydrogens is 422 g/mol. The Morgan fingerprint density at radius 2 is 1.78 bits per heavy atom. The third-order valence-electron chi connectivity index (χ3n) is 6.27. The number of carbonyl (C=O) groups excluding carboxylic acids is 2. The molecule has 3 amide bonds. The average molecular weight is 454 g/mol. The number of likely N-dealkylation sites (tertiary alicyclic amines) is 1. The van der Waals surface area contributed by atoms with Crippen LogP contribution in [0.2, 0.25) is 5.02 Å². The van der Waals surface area contributed by atoms with Crippen LogP contribution >= 0.6 is 11.6 Å². The largest absolute Gasteiger partial charge is 0.340 e. The summed E-state index contributed by atoms with van der Waals surface area (Å²) in [5.74, 6) is 0.209. The third kappa shape index (κ3) is 5.33. The van der Waals surface area contributed by atoms with Crippen molar-refractivity contribution in [2.45, 2.75) is 39.2 Å². The highest BCUT2D eigenvalue weighted by molar-refractivity contribution is 6.30. The zero-order valence-corrected chi connectivity index (χ0v) is 20.0. The summed E-state index contributed by atoms with van der Waals surface area (Å²) in [6.07, 6.45) is 0.848. The van der Waals surface area contributed by atoms with Gasteiger partial charge in [-0.25, -0.2) is 4.79 Å². The zero-order valence-electron chi connectivity index (χ0n) is 19.3. The van der Waals surface area contributed by atoms with Gasteiger partial charge < -0.3 is 10.2 Å². The van der Waals surface area contributed by atoms with Gasteiger partial charge in [-0.15, -0.1) is 0 Å². The van der Waals surface area contributed by atoms with Gasteiger partial charge >= 0.3 is 6.03 Å². The maximum absolute atomic E-state index is 13.4. The molecule has 0 radical (unpaired) electrons. The molecule has 0 bridgehead atoms. The molecule has 0 saturated carbocycles. The van der Waals surface area contributed by atoms with E-state index in [-0.39, 0.29) is 17.4 Å². The average Bonchev–Trinajstić information content (AvgIpc) is 2.77.